The van der Waals surface area contributed by atoms with E-state index < -0.39 is 0 Å². The third-order valence-corrected chi connectivity index (χ3v) is 4.14. The van der Waals surface area contributed by atoms with E-state index in [1.165, 1.54) is 17.8 Å². The zero-order valence-electron chi connectivity index (χ0n) is 11.2. The first-order chi connectivity index (χ1) is 8.13. The minimum absolute atomic E-state index is 0.374. The predicted octanol–water partition coefficient (Wildman–Crippen LogP) is 2.87. The Morgan fingerprint density at radius 1 is 1.41 bits per heavy atom. The van der Waals surface area contributed by atoms with Gasteiger partial charge in [-0.25, -0.2) is 4.98 Å². The fourth-order valence-electron chi connectivity index (χ4n) is 1.86. The highest BCUT2D eigenvalue weighted by molar-refractivity contribution is 7.09. The van der Waals surface area contributed by atoms with E-state index in [1.54, 1.807) is 11.3 Å². The van der Waals surface area contributed by atoms with Crippen LogP contribution in [0.1, 0.15) is 49.9 Å². The molecule has 0 spiro atoms. The van der Waals surface area contributed by atoms with Crippen molar-refractivity contribution in [2.45, 2.75) is 46.1 Å². The number of hydrogen-bond acceptors (Lipinski definition) is 4. The molecule has 3 nitrogen and oxygen atoms in total. The smallest absolute Gasteiger partial charge is 0.110 e. The highest BCUT2D eigenvalue weighted by atomic mass is 32.1. The molecule has 0 saturated carbocycles. The topological polar surface area (TPSA) is 50.9 Å². The molecule has 0 aromatic carbocycles. The lowest BCUT2D eigenvalue weighted by Gasteiger charge is -2.13. The molecule has 2 unspecified atom stereocenters. The number of nitrogens with zero attached hydrogens (tertiary/aromatic N) is 1. The summed E-state index contributed by atoms with van der Waals surface area (Å²) >= 11 is 1.74. The maximum Gasteiger partial charge on any atom is 0.110 e. The summed E-state index contributed by atoms with van der Waals surface area (Å²) in [4.78, 5) is 4.49. The van der Waals surface area contributed by atoms with E-state index in [1.807, 2.05) is 6.92 Å². The van der Waals surface area contributed by atoms with Crippen molar-refractivity contribution in [2.24, 2.45) is 11.7 Å². The molecule has 0 aliphatic carbocycles. The lowest BCUT2D eigenvalue weighted by Crippen LogP contribution is -2.20. The summed E-state index contributed by atoms with van der Waals surface area (Å²) in [5.74, 6) is 0.749. The van der Waals surface area contributed by atoms with Crippen LogP contribution in [0.5, 0.6) is 0 Å². The number of rotatable bonds is 8. The van der Waals surface area contributed by atoms with Crippen molar-refractivity contribution in [1.82, 2.24) is 10.3 Å². The Morgan fingerprint density at radius 3 is 2.76 bits per heavy atom. The quantitative estimate of drug-likeness (QED) is 0.702. The molecular formula is C13H25N3S. The number of aryl methyl sites for hydroxylation is 1. The molecule has 1 rings (SSSR count). The van der Waals surface area contributed by atoms with Crippen LogP contribution in [0.3, 0.4) is 0 Å². The Morgan fingerprint density at radius 2 is 2.18 bits per heavy atom. The number of nitrogens with one attached hydrogen (secondary N) is 1. The summed E-state index contributed by atoms with van der Waals surface area (Å²) < 4.78 is 0. The third kappa shape index (κ3) is 5.61. The van der Waals surface area contributed by atoms with Crippen LogP contribution in [0, 0.1) is 12.8 Å². The van der Waals surface area contributed by atoms with Gasteiger partial charge in [0, 0.05) is 11.1 Å². The molecular weight excluding hydrogens is 230 g/mol. The molecule has 1 aromatic heterocycles. The molecule has 0 radical (unpaired) electrons. The molecule has 0 aliphatic heterocycles. The van der Waals surface area contributed by atoms with E-state index in [2.05, 4.69) is 29.5 Å². The van der Waals surface area contributed by atoms with Crippen molar-refractivity contribution in [3.05, 3.63) is 16.1 Å². The van der Waals surface area contributed by atoms with Crippen molar-refractivity contribution in [1.29, 1.82) is 0 Å². The minimum Gasteiger partial charge on any atom is -0.330 e. The van der Waals surface area contributed by atoms with E-state index in [0.717, 1.165) is 31.1 Å². The summed E-state index contributed by atoms with van der Waals surface area (Å²) in [6, 6.07) is 0.374. The molecule has 17 heavy (non-hydrogen) atoms. The lowest BCUT2D eigenvalue weighted by molar-refractivity contribution is 0.455. The first kappa shape index (κ1) is 14.6. The van der Waals surface area contributed by atoms with Gasteiger partial charge >= 0.3 is 0 Å². The molecule has 1 aromatic rings. The molecule has 0 amide bonds. The van der Waals surface area contributed by atoms with Crippen LogP contribution in [0.15, 0.2) is 5.38 Å². The molecule has 0 bridgehead atoms. The van der Waals surface area contributed by atoms with Gasteiger partial charge in [0.2, 0.25) is 0 Å². The first-order valence-corrected chi connectivity index (χ1v) is 7.37. The summed E-state index contributed by atoms with van der Waals surface area (Å²) in [6.45, 7) is 8.38. The van der Waals surface area contributed by atoms with Gasteiger partial charge in [0.05, 0.1) is 6.04 Å². The summed E-state index contributed by atoms with van der Waals surface area (Å²) in [7, 11) is 0. The minimum atomic E-state index is 0.374. The average molecular weight is 255 g/mol. The Labute approximate surface area is 109 Å². The van der Waals surface area contributed by atoms with Crippen LogP contribution in [-0.2, 0) is 0 Å². The van der Waals surface area contributed by atoms with E-state index in [9.17, 15) is 0 Å². The van der Waals surface area contributed by atoms with Gasteiger partial charge in [-0.2, -0.15) is 0 Å². The van der Waals surface area contributed by atoms with Crippen LogP contribution in [0.2, 0.25) is 0 Å². The van der Waals surface area contributed by atoms with Gasteiger partial charge in [0.25, 0.3) is 0 Å². The number of aromatic nitrogens is 1. The molecule has 98 valence electrons. The monoisotopic (exact) mass is 255 g/mol. The maximum absolute atomic E-state index is 5.54. The zero-order valence-corrected chi connectivity index (χ0v) is 12.0. The van der Waals surface area contributed by atoms with Gasteiger partial charge < -0.3 is 11.1 Å². The largest absolute Gasteiger partial charge is 0.330 e. The van der Waals surface area contributed by atoms with Crippen molar-refractivity contribution >= 4 is 11.3 Å². The fourth-order valence-corrected chi connectivity index (χ4v) is 2.68. The lowest BCUT2D eigenvalue weighted by atomic mass is 10.0. The molecule has 3 N–H and O–H groups in total. The van der Waals surface area contributed by atoms with E-state index in [4.69, 9.17) is 5.73 Å². The van der Waals surface area contributed by atoms with Gasteiger partial charge in [-0.05, 0) is 52.1 Å². The van der Waals surface area contributed by atoms with E-state index in [-0.39, 0.29) is 0 Å². The SMILES string of the molecule is Cc1csc(C(C)NCCCC(C)CCN)n1. The highest BCUT2D eigenvalue weighted by Gasteiger charge is 2.08. The number of hydrogen-bond donors (Lipinski definition) is 2. The van der Waals surface area contributed by atoms with Crippen molar-refractivity contribution in [2.75, 3.05) is 13.1 Å². The molecule has 0 aliphatic rings. The van der Waals surface area contributed by atoms with Crippen molar-refractivity contribution in [3.63, 3.8) is 0 Å². The van der Waals surface area contributed by atoms with Gasteiger partial charge in [-0.3, -0.25) is 0 Å². The maximum atomic E-state index is 5.54. The Hall–Kier alpha value is -0.450. The van der Waals surface area contributed by atoms with Crippen LogP contribution in [-0.4, -0.2) is 18.1 Å². The van der Waals surface area contributed by atoms with Crippen molar-refractivity contribution < 1.29 is 0 Å². The molecule has 1 heterocycles. The highest BCUT2D eigenvalue weighted by Crippen LogP contribution is 2.17. The molecule has 0 saturated heterocycles. The first-order valence-electron chi connectivity index (χ1n) is 6.49. The summed E-state index contributed by atoms with van der Waals surface area (Å²) in [5, 5.41) is 6.83. The molecule has 2 atom stereocenters. The van der Waals surface area contributed by atoms with E-state index in [0.29, 0.717) is 6.04 Å². The second-order valence-electron chi connectivity index (χ2n) is 4.83. The number of nitrogens with two attached hydrogens (primary N) is 1. The van der Waals surface area contributed by atoms with Gasteiger partial charge in [-0.1, -0.05) is 6.92 Å². The second-order valence-corrected chi connectivity index (χ2v) is 5.72. The summed E-state index contributed by atoms with van der Waals surface area (Å²) in [6.07, 6.45) is 3.62. The Kier molecular flexibility index (Phi) is 6.70. The fraction of sp³-hybridized carbons (Fsp3) is 0.769. The van der Waals surface area contributed by atoms with Crippen LogP contribution >= 0.6 is 11.3 Å². The van der Waals surface area contributed by atoms with Crippen LogP contribution in [0.4, 0.5) is 0 Å². The zero-order chi connectivity index (χ0) is 12.7. The van der Waals surface area contributed by atoms with Crippen LogP contribution in [0.25, 0.3) is 0 Å². The molecule has 4 heteroatoms. The second kappa shape index (κ2) is 7.80. The van der Waals surface area contributed by atoms with Gasteiger partial charge in [0.15, 0.2) is 0 Å². The normalized spacial score (nSPS) is 14.8. The van der Waals surface area contributed by atoms with Gasteiger partial charge in [-0.15, -0.1) is 11.3 Å². The molecule has 0 fully saturated rings. The summed E-state index contributed by atoms with van der Waals surface area (Å²) in [5.41, 5.74) is 6.66. The van der Waals surface area contributed by atoms with Gasteiger partial charge in [0.1, 0.15) is 5.01 Å². The van der Waals surface area contributed by atoms with E-state index >= 15 is 0 Å². The predicted molar refractivity (Wildman–Crippen MR) is 75.3 cm³/mol. The standard InChI is InChI=1S/C13H25N3S/c1-10(6-7-14)5-4-8-15-12(3)13-16-11(2)9-17-13/h9-10,12,15H,4-8,14H2,1-3H3. The number of thiazole rings is 1. The average Bonchev–Trinajstić information content (AvgIpc) is 2.71. The Bertz CT molecular complexity index is 311. The van der Waals surface area contributed by atoms with Crippen molar-refractivity contribution in [3.8, 4) is 0 Å². The Balaban J connectivity index is 2.14. The van der Waals surface area contributed by atoms with Crippen LogP contribution < -0.4 is 11.1 Å². The third-order valence-electron chi connectivity index (χ3n) is 2.99.